The lowest BCUT2D eigenvalue weighted by atomic mass is 10.1. The second-order valence-electron chi connectivity index (χ2n) is 4.24. The molecule has 1 atom stereocenters. The maximum Gasteiger partial charge on any atom is 0.174 e. The Balaban J connectivity index is 1.81. The molecule has 1 aliphatic carbocycles. The zero-order chi connectivity index (χ0) is 10.3. The number of hydrogen-bond donors (Lipinski definition) is 1. The Morgan fingerprint density at radius 3 is 2.27 bits per heavy atom. The van der Waals surface area contributed by atoms with E-state index in [9.17, 15) is 0 Å². The topological polar surface area (TPSA) is 38.7 Å². The molecule has 0 bridgehead atoms. The molecular weight excluding hydrogens is 192 g/mol. The Labute approximate surface area is 88.6 Å². The molecule has 3 rings (SSSR count). The standard InChI is InChI=1S/C12H14O3/c13-6-11-5-12(11)14-7-9-3-1-2-4-10(9)8-15-12/h1-4,11,13H,5-8H2. The monoisotopic (exact) mass is 206 g/mol. The quantitative estimate of drug-likeness (QED) is 0.755. The summed E-state index contributed by atoms with van der Waals surface area (Å²) in [5.74, 6) is -0.333. The summed E-state index contributed by atoms with van der Waals surface area (Å²) in [6.07, 6.45) is 0.817. The van der Waals surface area contributed by atoms with Crippen LogP contribution in [0.2, 0.25) is 0 Å². The lowest BCUT2D eigenvalue weighted by molar-refractivity contribution is -0.186. The van der Waals surface area contributed by atoms with Crippen molar-refractivity contribution in [3.63, 3.8) is 0 Å². The Morgan fingerprint density at radius 1 is 1.20 bits per heavy atom. The number of benzene rings is 1. The van der Waals surface area contributed by atoms with Crippen molar-refractivity contribution in [3.8, 4) is 0 Å². The zero-order valence-corrected chi connectivity index (χ0v) is 8.48. The van der Waals surface area contributed by atoms with Crippen molar-refractivity contribution in [1.82, 2.24) is 0 Å². The van der Waals surface area contributed by atoms with Gasteiger partial charge in [-0.15, -0.1) is 0 Å². The molecule has 1 spiro atoms. The molecule has 1 N–H and O–H groups in total. The molecule has 1 saturated carbocycles. The third kappa shape index (κ3) is 1.47. The van der Waals surface area contributed by atoms with Crippen LogP contribution in [0.5, 0.6) is 0 Å². The van der Waals surface area contributed by atoms with E-state index in [4.69, 9.17) is 14.6 Å². The van der Waals surface area contributed by atoms with Crippen LogP contribution in [0.3, 0.4) is 0 Å². The number of aliphatic hydroxyl groups is 1. The van der Waals surface area contributed by atoms with Crippen LogP contribution in [0.4, 0.5) is 0 Å². The van der Waals surface area contributed by atoms with Crippen molar-refractivity contribution in [2.24, 2.45) is 5.92 Å². The Hall–Kier alpha value is -0.900. The van der Waals surface area contributed by atoms with Crippen LogP contribution in [0.25, 0.3) is 0 Å². The van der Waals surface area contributed by atoms with Gasteiger partial charge < -0.3 is 14.6 Å². The zero-order valence-electron chi connectivity index (χ0n) is 8.48. The van der Waals surface area contributed by atoms with E-state index in [0.29, 0.717) is 13.2 Å². The van der Waals surface area contributed by atoms with E-state index in [-0.39, 0.29) is 12.5 Å². The summed E-state index contributed by atoms with van der Waals surface area (Å²) in [5, 5.41) is 9.07. The molecule has 1 aromatic rings. The highest BCUT2D eigenvalue weighted by molar-refractivity contribution is 5.27. The number of fused-ring (bicyclic) bond motifs is 1. The molecule has 1 aliphatic heterocycles. The van der Waals surface area contributed by atoms with Crippen LogP contribution in [0.1, 0.15) is 17.5 Å². The minimum atomic E-state index is -0.492. The van der Waals surface area contributed by atoms with E-state index in [1.807, 2.05) is 12.1 Å². The molecule has 3 heteroatoms. The van der Waals surface area contributed by atoms with Crippen molar-refractivity contribution in [1.29, 1.82) is 0 Å². The van der Waals surface area contributed by atoms with E-state index in [1.165, 1.54) is 11.1 Å². The highest BCUT2D eigenvalue weighted by atomic mass is 16.7. The Morgan fingerprint density at radius 2 is 1.80 bits per heavy atom. The lowest BCUT2D eigenvalue weighted by Gasteiger charge is -2.14. The van der Waals surface area contributed by atoms with Gasteiger partial charge in [0.15, 0.2) is 5.79 Å². The van der Waals surface area contributed by atoms with Crippen molar-refractivity contribution in [2.75, 3.05) is 6.61 Å². The average molecular weight is 206 g/mol. The van der Waals surface area contributed by atoms with Gasteiger partial charge in [-0.05, 0) is 11.1 Å². The molecule has 0 radical (unpaired) electrons. The molecule has 1 aromatic carbocycles. The molecule has 1 unspecified atom stereocenters. The first-order valence-corrected chi connectivity index (χ1v) is 5.30. The number of rotatable bonds is 1. The summed E-state index contributed by atoms with van der Waals surface area (Å²) in [5.41, 5.74) is 2.39. The molecule has 0 aromatic heterocycles. The van der Waals surface area contributed by atoms with Gasteiger partial charge in [0.05, 0.1) is 19.8 Å². The summed E-state index contributed by atoms with van der Waals surface area (Å²) < 4.78 is 11.5. The molecule has 15 heavy (non-hydrogen) atoms. The predicted octanol–water partition coefficient (Wildman–Crippen LogP) is 1.44. The van der Waals surface area contributed by atoms with E-state index < -0.39 is 5.79 Å². The minimum absolute atomic E-state index is 0.149. The van der Waals surface area contributed by atoms with Gasteiger partial charge in [0.2, 0.25) is 0 Å². The molecule has 3 nitrogen and oxygen atoms in total. The molecule has 0 saturated heterocycles. The first-order chi connectivity index (χ1) is 7.34. The highest BCUT2D eigenvalue weighted by Crippen LogP contribution is 2.49. The Bertz CT molecular complexity index is 348. The predicted molar refractivity (Wildman–Crippen MR) is 53.9 cm³/mol. The molecule has 1 fully saturated rings. The second kappa shape index (κ2) is 3.30. The molecular formula is C12H14O3. The maximum absolute atomic E-state index is 9.07. The number of ether oxygens (including phenoxy) is 2. The molecule has 80 valence electrons. The van der Waals surface area contributed by atoms with Crippen LogP contribution < -0.4 is 0 Å². The fourth-order valence-corrected chi connectivity index (χ4v) is 2.12. The van der Waals surface area contributed by atoms with Crippen LogP contribution in [0, 0.1) is 5.92 Å². The van der Waals surface area contributed by atoms with Crippen molar-refractivity contribution in [3.05, 3.63) is 35.4 Å². The summed E-state index contributed by atoms with van der Waals surface area (Å²) in [6, 6.07) is 8.15. The first-order valence-electron chi connectivity index (χ1n) is 5.30. The van der Waals surface area contributed by atoms with Crippen LogP contribution >= 0.6 is 0 Å². The normalized spacial score (nSPS) is 27.1. The van der Waals surface area contributed by atoms with E-state index >= 15 is 0 Å². The number of aliphatic hydroxyl groups excluding tert-OH is 1. The van der Waals surface area contributed by atoms with Crippen molar-refractivity contribution >= 4 is 0 Å². The van der Waals surface area contributed by atoms with Gasteiger partial charge in [0.25, 0.3) is 0 Å². The van der Waals surface area contributed by atoms with Gasteiger partial charge in [0, 0.05) is 12.3 Å². The fourth-order valence-electron chi connectivity index (χ4n) is 2.12. The Kier molecular flexibility index (Phi) is 2.06. The van der Waals surface area contributed by atoms with Crippen LogP contribution in [-0.2, 0) is 22.7 Å². The van der Waals surface area contributed by atoms with E-state index in [1.54, 1.807) is 0 Å². The van der Waals surface area contributed by atoms with Crippen molar-refractivity contribution < 1.29 is 14.6 Å². The summed E-state index contributed by atoms with van der Waals surface area (Å²) in [7, 11) is 0. The third-order valence-electron chi connectivity index (χ3n) is 3.28. The summed E-state index contributed by atoms with van der Waals surface area (Å²) >= 11 is 0. The second-order valence-corrected chi connectivity index (χ2v) is 4.24. The van der Waals surface area contributed by atoms with E-state index in [0.717, 1.165) is 6.42 Å². The minimum Gasteiger partial charge on any atom is -0.396 e. The average Bonchev–Trinajstić information content (AvgIpc) is 3.02. The summed E-state index contributed by atoms with van der Waals surface area (Å²) in [6.45, 7) is 1.33. The fraction of sp³-hybridized carbons (Fsp3) is 0.500. The molecule has 0 amide bonds. The lowest BCUT2D eigenvalue weighted by Crippen LogP contribution is -2.20. The highest BCUT2D eigenvalue weighted by Gasteiger charge is 2.57. The summed E-state index contributed by atoms with van der Waals surface area (Å²) in [4.78, 5) is 0. The van der Waals surface area contributed by atoms with Gasteiger partial charge >= 0.3 is 0 Å². The van der Waals surface area contributed by atoms with Gasteiger partial charge in [-0.1, -0.05) is 24.3 Å². The molecule has 2 aliphatic rings. The third-order valence-corrected chi connectivity index (χ3v) is 3.28. The van der Waals surface area contributed by atoms with E-state index in [2.05, 4.69) is 12.1 Å². The van der Waals surface area contributed by atoms with Crippen LogP contribution in [-0.4, -0.2) is 17.5 Å². The largest absolute Gasteiger partial charge is 0.396 e. The van der Waals surface area contributed by atoms with Gasteiger partial charge in [-0.3, -0.25) is 0 Å². The van der Waals surface area contributed by atoms with Crippen molar-refractivity contribution in [2.45, 2.75) is 25.4 Å². The van der Waals surface area contributed by atoms with Gasteiger partial charge in [-0.25, -0.2) is 0 Å². The van der Waals surface area contributed by atoms with Crippen LogP contribution in [0.15, 0.2) is 24.3 Å². The maximum atomic E-state index is 9.07. The van der Waals surface area contributed by atoms with Gasteiger partial charge in [0.1, 0.15) is 0 Å². The SMILES string of the molecule is OCC1CC12OCc1ccccc1CO2. The smallest absolute Gasteiger partial charge is 0.174 e. The number of hydrogen-bond acceptors (Lipinski definition) is 3. The van der Waals surface area contributed by atoms with Gasteiger partial charge in [-0.2, -0.15) is 0 Å². The first kappa shape index (κ1) is 9.33. The molecule has 1 heterocycles.